The zero-order chi connectivity index (χ0) is 12.7. The lowest BCUT2D eigenvalue weighted by Crippen LogP contribution is -2.42. The summed E-state index contributed by atoms with van der Waals surface area (Å²) in [6, 6.07) is -0.00631. The highest BCUT2D eigenvalue weighted by atomic mass is 16.2. The number of hydrogen-bond acceptors (Lipinski definition) is 3. The number of rotatable bonds is 7. The van der Waals surface area contributed by atoms with E-state index < -0.39 is 5.91 Å². The van der Waals surface area contributed by atoms with Gasteiger partial charge in [-0.05, 0) is 32.7 Å². The molecule has 0 saturated heterocycles. The first-order valence-electron chi connectivity index (χ1n) is 5.66. The van der Waals surface area contributed by atoms with Crippen LogP contribution in [0.2, 0.25) is 0 Å². The van der Waals surface area contributed by atoms with Crippen molar-refractivity contribution in [3.63, 3.8) is 0 Å². The van der Waals surface area contributed by atoms with Crippen molar-refractivity contribution in [2.45, 2.75) is 39.7 Å². The minimum Gasteiger partial charge on any atom is -0.368 e. The number of amides is 2. The smallest absolute Gasteiger partial charge is 0.237 e. The first-order valence-corrected chi connectivity index (χ1v) is 5.66. The van der Waals surface area contributed by atoms with Crippen molar-refractivity contribution in [1.29, 1.82) is 0 Å². The second-order valence-corrected chi connectivity index (χ2v) is 4.46. The molecule has 1 atom stereocenters. The molecule has 0 bridgehead atoms. The van der Waals surface area contributed by atoms with Gasteiger partial charge in [0.25, 0.3) is 0 Å². The second-order valence-electron chi connectivity index (χ2n) is 4.46. The second kappa shape index (κ2) is 7.22. The van der Waals surface area contributed by atoms with Crippen LogP contribution in [0.5, 0.6) is 0 Å². The van der Waals surface area contributed by atoms with E-state index in [0.29, 0.717) is 18.9 Å². The first-order chi connectivity index (χ1) is 7.38. The topological polar surface area (TPSA) is 89.4 Å². The van der Waals surface area contributed by atoms with E-state index >= 15 is 0 Å². The molecule has 0 radical (unpaired) electrons. The summed E-state index contributed by atoms with van der Waals surface area (Å²) >= 11 is 0. The van der Waals surface area contributed by atoms with E-state index in [0.717, 1.165) is 6.42 Å². The fourth-order valence-corrected chi connectivity index (χ4v) is 1.36. The Morgan fingerprint density at radius 1 is 1.25 bits per heavy atom. The molecule has 0 aliphatic heterocycles. The summed E-state index contributed by atoms with van der Waals surface area (Å²) in [6.07, 6.45) is 1.17. The van der Waals surface area contributed by atoms with E-state index in [1.54, 1.807) is 0 Å². The summed E-state index contributed by atoms with van der Waals surface area (Å²) in [7, 11) is 0. The van der Waals surface area contributed by atoms with Crippen LogP contribution < -0.4 is 11.5 Å². The van der Waals surface area contributed by atoms with E-state index in [1.165, 1.54) is 4.90 Å². The first kappa shape index (κ1) is 14.9. The Hall–Kier alpha value is -1.10. The zero-order valence-corrected chi connectivity index (χ0v) is 10.4. The summed E-state index contributed by atoms with van der Waals surface area (Å²) in [4.78, 5) is 24.1. The summed E-state index contributed by atoms with van der Waals surface area (Å²) in [5, 5.41) is 0. The fourth-order valence-electron chi connectivity index (χ4n) is 1.36. The van der Waals surface area contributed by atoms with Crippen LogP contribution in [0.3, 0.4) is 0 Å². The predicted octanol–water partition coefficient (Wildman–Crippen LogP) is 0.0837. The molecule has 1 unspecified atom stereocenters. The maximum Gasteiger partial charge on any atom is 0.237 e. The molecule has 5 nitrogen and oxygen atoms in total. The lowest BCUT2D eigenvalue weighted by Gasteiger charge is -2.25. The largest absolute Gasteiger partial charge is 0.368 e. The van der Waals surface area contributed by atoms with Crippen LogP contribution in [0, 0.1) is 5.92 Å². The molecule has 0 aliphatic rings. The van der Waals surface area contributed by atoms with Gasteiger partial charge in [-0.3, -0.25) is 9.59 Å². The van der Waals surface area contributed by atoms with E-state index in [1.807, 2.05) is 20.8 Å². The summed E-state index contributed by atoms with van der Waals surface area (Å²) in [6.45, 7) is 6.31. The number of nitrogens with zero attached hydrogens (tertiary/aromatic N) is 1. The Morgan fingerprint density at radius 3 is 2.19 bits per heavy atom. The molecular formula is C11H23N3O2. The number of primary amides is 1. The molecule has 0 aromatic carbocycles. The Balaban J connectivity index is 4.22. The SMILES string of the molecule is CC(CN)CCC(=O)N(CC(N)=O)C(C)C. The van der Waals surface area contributed by atoms with Crippen molar-refractivity contribution in [2.75, 3.05) is 13.1 Å². The third kappa shape index (κ3) is 5.70. The van der Waals surface area contributed by atoms with Crippen LogP contribution in [0.25, 0.3) is 0 Å². The molecule has 0 aliphatic carbocycles. The zero-order valence-electron chi connectivity index (χ0n) is 10.4. The molecule has 4 N–H and O–H groups in total. The molecule has 16 heavy (non-hydrogen) atoms. The van der Waals surface area contributed by atoms with Gasteiger partial charge in [0.2, 0.25) is 11.8 Å². The lowest BCUT2D eigenvalue weighted by molar-refractivity contribution is -0.137. The standard InChI is InChI=1S/C11H23N3O2/c1-8(2)14(7-10(13)15)11(16)5-4-9(3)6-12/h8-9H,4-7,12H2,1-3H3,(H2,13,15). The molecule has 0 saturated carbocycles. The molecule has 0 aromatic heterocycles. The molecule has 0 heterocycles. The summed E-state index contributed by atoms with van der Waals surface area (Å²) in [5.41, 5.74) is 10.6. The van der Waals surface area contributed by atoms with Crippen molar-refractivity contribution in [1.82, 2.24) is 4.90 Å². The van der Waals surface area contributed by atoms with Crippen molar-refractivity contribution < 1.29 is 9.59 Å². The van der Waals surface area contributed by atoms with Gasteiger partial charge in [0.1, 0.15) is 0 Å². The number of hydrogen-bond donors (Lipinski definition) is 2. The average molecular weight is 229 g/mol. The Kier molecular flexibility index (Phi) is 6.72. The lowest BCUT2D eigenvalue weighted by atomic mass is 10.1. The van der Waals surface area contributed by atoms with E-state index in [2.05, 4.69) is 0 Å². The normalized spacial score (nSPS) is 12.6. The van der Waals surface area contributed by atoms with Gasteiger partial charge in [0.05, 0.1) is 6.54 Å². The van der Waals surface area contributed by atoms with Gasteiger partial charge in [-0.2, -0.15) is 0 Å². The molecule has 0 spiro atoms. The Morgan fingerprint density at radius 2 is 1.81 bits per heavy atom. The Labute approximate surface area is 97.2 Å². The highest BCUT2D eigenvalue weighted by Gasteiger charge is 2.18. The molecule has 0 fully saturated rings. The molecule has 94 valence electrons. The van der Waals surface area contributed by atoms with Crippen molar-refractivity contribution >= 4 is 11.8 Å². The van der Waals surface area contributed by atoms with Gasteiger partial charge >= 0.3 is 0 Å². The van der Waals surface area contributed by atoms with Gasteiger partial charge in [-0.1, -0.05) is 6.92 Å². The number of carbonyl (C=O) groups is 2. The van der Waals surface area contributed by atoms with Crippen LogP contribution >= 0.6 is 0 Å². The monoisotopic (exact) mass is 229 g/mol. The van der Waals surface area contributed by atoms with Gasteiger partial charge in [-0.15, -0.1) is 0 Å². The van der Waals surface area contributed by atoms with Gasteiger partial charge in [-0.25, -0.2) is 0 Å². The van der Waals surface area contributed by atoms with Crippen LogP contribution in [-0.4, -0.2) is 35.8 Å². The minimum absolute atomic E-state index is 0.00631. The predicted molar refractivity (Wildman–Crippen MR) is 63.5 cm³/mol. The maximum atomic E-state index is 11.8. The third-order valence-corrected chi connectivity index (χ3v) is 2.52. The summed E-state index contributed by atoms with van der Waals surface area (Å²) < 4.78 is 0. The van der Waals surface area contributed by atoms with Gasteiger partial charge in [0, 0.05) is 12.5 Å². The van der Waals surface area contributed by atoms with Crippen LogP contribution in [-0.2, 0) is 9.59 Å². The number of carbonyl (C=O) groups excluding carboxylic acids is 2. The van der Waals surface area contributed by atoms with Crippen molar-refractivity contribution in [3.05, 3.63) is 0 Å². The molecule has 5 heteroatoms. The summed E-state index contributed by atoms with van der Waals surface area (Å²) in [5.74, 6) is -0.186. The maximum absolute atomic E-state index is 11.8. The highest BCUT2D eigenvalue weighted by molar-refractivity contribution is 5.84. The molecule has 0 aromatic rings. The number of nitrogens with two attached hydrogens (primary N) is 2. The van der Waals surface area contributed by atoms with E-state index in [4.69, 9.17) is 11.5 Å². The van der Waals surface area contributed by atoms with Gasteiger partial charge in [0.15, 0.2) is 0 Å². The highest BCUT2D eigenvalue weighted by Crippen LogP contribution is 2.08. The van der Waals surface area contributed by atoms with Crippen LogP contribution in [0.15, 0.2) is 0 Å². The molecule has 0 rings (SSSR count). The van der Waals surface area contributed by atoms with Gasteiger partial charge < -0.3 is 16.4 Å². The fraction of sp³-hybridized carbons (Fsp3) is 0.818. The van der Waals surface area contributed by atoms with Crippen LogP contribution in [0.1, 0.15) is 33.6 Å². The van der Waals surface area contributed by atoms with Crippen molar-refractivity contribution in [3.8, 4) is 0 Å². The molecule has 2 amide bonds. The van der Waals surface area contributed by atoms with E-state index in [-0.39, 0.29) is 18.5 Å². The van der Waals surface area contributed by atoms with Crippen molar-refractivity contribution in [2.24, 2.45) is 17.4 Å². The minimum atomic E-state index is -0.478. The third-order valence-electron chi connectivity index (χ3n) is 2.52. The quantitative estimate of drug-likeness (QED) is 0.648. The van der Waals surface area contributed by atoms with Crippen LogP contribution in [0.4, 0.5) is 0 Å². The van der Waals surface area contributed by atoms with E-state index in [9.17, 15) is 9.59 Å². The average Bonchev–Trinajstić information content (AvgIpc) is 2.21. The Bertz CT molecular complexity index is 241. The molecular weight excluding hydrogens is 206 g/mol.